The predicted molar refractivity (Wildman–Crippen MR) is 41.8 cm³/mol. The van der Waals surface area contributed by atoms with E-state index in [4.69, 9.17) is 5.11 Å². The number of ether oxygens (including phenoxy) is 1. The minimum absolute atomic E-state index is 0.0691. The molecule has 0 aliphatic heterocycles. The molecule has 0 rings (SSSR count). The number of nitrogens with zero attached hydrogens (tertiary/aromatic N) is 1. The molecule has 0 radical (unpaired) electrons. The molecule has 0 heterocycles. The maximum atomic E-state index is 10.9. The van der Waals surface area contributed by atoms with Crippen molar-refractivity contribution in [1.29, 1.82) is 0 Å². The quantitative estimate of drug-likeness (QED) is 0.575. The van der Waals surface area contributed by atoms with Gasteiger partial charge >= 0.3 is 5.97 Å². The fourth-order valence-corrected chi connectivity index (χ4v) is 0.543. The number of amides is 1. The Morgan fingerprint density at radius 3 is 2.42 bits per heavy atom. The molecule has 1 amide bonds. The summed E-state index contributed by atoms with van der Waals surface area (Å²) in [7, 11) is 3.28. The number of hydrogen-bond acceptors (Lipinski definition) is 3. The fourth-order valence-electron chi connectivity index (χ4n) is 0.543. The van der Waals surface area contributed by atoms with Gasteiger partial charge in [0.2, 0.25) is 5.91 Å². The molecule has 0 aliphatic rings. The van der Waals surface area contributed by atoms with Crippen LogP contribution in [0.4, 0.5) is 0 Å². The Balaban J connectivity index is 3.32. The van der Waals surface area contributed by atoms with E-state index in [1.807, 2.05) is 0 Å². The van der Waals surface area contributed by atoms with Crippen molar-refractivity contribution in [3.63, 3.8) is 0 Å². The summed E-state index contributed by atoms with van der Waals surface area (Å²) in [5.41, 5.74) is 0. The summed E-state index contributed by atoms with van der Waals surface area (Å²) in [6, 6.07) is 0. The van der Waals surface area contributed by atoms with Gasteiger partial charge in [-0.1, -0.05) is 0 Å². The van der Waals surface area contributed by atoms with E-state index in [-0.39, 0.29) is 25.5 Å². The van der Waals surface area contributed by atoms with Gasteiger partial charge in [-0.2, -0.15) is 0 Å². The molecule has 5 nitrogen and oxygen atoms in total. The molecule has 0 saturated carbocycles. The van der Waals surface area contributed by atoms with Crippen LogP contribution in [-0.2, 0) is 14.3 Å². The number of carbonyl (C=O) groups is 2. The van der Waals surface area contributed by atoms with Crippen LogP contribution in [0.5, 0.6) is 0 Å². The van der Waals surface area contributed by atoms with Gasteiger partial charge in [0.25, 0.3) is 0 Å². The Labute approximate surface area is 70.9 Å². The van der Waals surface area contributed by atoms with E-state index in [0.717, 1.165) is 0 Å². The number of aliphatic carboxylic acids is 1. The van der Waals surface area contributed by atoms with E-state index in [1.165, 1.54) is 4.90 Å². The topological polar surface area (TPSA) is 66.8 Å². The maximum Gasteiger partial charge on any atom is 0.329 e. The molecule has 1 N–H and O–H groups in total. The first-order chi connectivity index (χ1) is 5.54. The van der Waals surface area contributed by atoms with Crippen LogP contribution in [0, 0.1) is 0 Å². The van der Waals surface area contributed by atoms with Crippen molar-refractivity contribution in [2.45, 2.75) is 6.42 Å². The van der Waals surface area contributed by atoms with E-state index in [2.05, 4.69) is 4.74 Å². The van der Waals surface area contributed by atoms with Crippen molar-refractivity contribution in [2.24, 2.45) is 0 Å². The highest BCUT2D eigenvalue weighted by Gasteiger charge is 2.03. The average molecular weight is 175 g/mol. The average Bonchev–Trinajstić information content (AvgIpc) is 1.97. The Morgan fingerprint density at radius 2 is 2.00 bits per heavy atom. The zero-order valence-electron chi connectivity index (χ0n) is 7.24. The van der Waals surface area contributed by atoms with Crippen LogP contribution in [0.1, 0.15) is 6.42 Å². The predicted octanol–water partition coefficient (Wildman–Crippen LogP) is -0.434. The summed E-state index contributed by atoms with van der Waals surface area (Å²) < 4.78 is 4.67. The van der Waals surface area contributed by atoms with Crippen LogP contribution in [0.25, 0.3) is 0 Å². The largest absolute Gasteiger partial charge is 0.480 e. The molecule has 12 heavy (non-hydrogen) atoms. The van der Waals surface area contributed by atoms with Crippen LogP contribution in [0.3, 0.4) is 0 Å². The summed E-state index contributed by atoms with van der Waals surface area (Å²) in [4.78, 5) is 22.3. The Bertz CT molecular complexity index is 167. The molecule has 0 bridgehead atoms. The maximum absolute atomic E-state index is 10.9. The molecule has 0 aromatic rings. The third-order valence-corrected chi connectivity index (χ3v) is 1.18. The number of hydrogen-bond donors (Lipinski definition) is 1. The van der Waals surface area contributed by atoms with Crippen LogP contribution in [0.15, 0.2) is 0 Å². The van der Waals surface area contributed by atoms with Crippen LogP contribution < -0.4 is 0 Å². The lowest BCUT2D eigenvalue weighted by molar-refractivity contribution is -0.143. The van der Waals surface area contributed by atoms with Gasteiger partial charge in [0.1, 0.15) is 6.61 Å². The van der Waals surface area contributed by atoms with Gasteiger partial charge in [0, 0.05) is 14.1 Å². The fraction of sp³-hybridized carbons (Fsp3) is 0.714. The standard InChI is InChI=1S/C7H13NO4/c1-8(2)6(9)3-4-12-5-7(10)11/h3-5H2,1-2H3,(H,10,11). The molecule has 0 aromatic carbocycles. The van der Waals surface area contributed by atoms with Crippen molar-refractivity contribution in [3.05, 3.63) is 0 Å². The first kappa shape index (κ1) is 10.9. The molecule has 70 valence electrons. The molecule has 5 heteroatoms. The molecule has 0 atom stereocenters. The minimum atomic E-state index is -1.02. The van der Waals surface area contributed by atoms with Gasteiger partial charge in [-0.25, -0.2) is 4.79 Å². The van der Waals surface area contributed by atoms with E-state index in [0.29, 0.717) is 0 Å². The zero-order valence-corrected chi connectivity index (χ0v) is 7.24. The molecule has 0 fully saturated rings. The lowest BCUT2D eigenvalue weighted by atomic mass is 10.4. The van der Waals surface area contributed by atoms with Gasteiger partial charge in [-0.05, 0) is 0 Å². The van der Waals surface area contributed by atoms with Gasteiger partial charge in [-0.15, -0.1) is 0 Å². The Hall–Kier alpha value is -1.10. The third kappa shape index (κ3) is 5.67. The van der Waals surface area contributed by atoms with E-state index in [1.54, 1.807) is 14.1 Å². The minimum Gasteiger partial charge on any atom is -0.480 e. The monoisotopic (exact) mass is 175 g/mol. The zero-order chi connectivity index (χ0) is 9.56. The summed E-state index contributed by atoms with van der Waals surface area (Å²) in [5, 5.41) is 8.17. The second kappa shape index (κ2) is 5.54. The summed E-state index contributed by atoms with van der Waals surface area (Å²) >= 11 is 0. The van der Waals surface area contributed by atoms with Crippen molar-refractivity contribution in [1.82, 2.24) is 4.90 Å². The second-order valence-electron chi connectivity index (χ2n) is 2.48. The van der Waals surface area contributed by atoms with Crippen molar-refractivity contribution < 1.29 is 19.4 Å². The molecule has 0 aliphatic carbocycles. The first-order valence-corrected chi connectivity index (χ1v) is 3.53. The molecular weight excluding hydrogens is 162 g/mol. The molecular formula is C7H13NO4. The lowest BCUT2D eigenvalue weighted by Gasteiger charge is -2.09. The van der Waals surface area contributed by atoms with Gasteiger partial charge in [0.15, 0.2) is 0 Å². The van der Waals surface area contributed by atoms with Crippen LogP contribution in [-0.4, -0.2) is 49.2 Å². The molecule has 0 spiro atoms. The van der Waals surface area contributed by atoms with Crippen molar-refractivity contribution >= 4 is 11.9 Å². The van der Waals surface area contributed by atoms with E-state index >= 15 is 0 Å². The smallest absolute Gasteiger partial charge is 0.329 e. The van der Waals surface area contributed by atoms with E-state index in [9.17, 15) is 9.59 Å². The van der Waals surface area contributed by atoms with Crippen molar-refractivity contribution in [2.75, 3.05) is 27.3 Å². The summed E-state index contributed by atoms with van der Waals surface area (Å²) in [6.45, 7) is -0.190. The van der Waals surface area contributed by atoms with E-state index < -0.39 is 5.97 Å². The number of rotatable bonds is 5. The summed E-state index contributed by atoms with van der Waals surface area (Å²) in [5.74, 6) is -1.09. The highest BCUT2D eigenvalue weighted by Crippen LogP contribution is 1.88. The highest BCUT2D eigenvalue weighted by atomic mass is 16.5. The molecule has 0 unspecified atom stereocenters. The van der Waals surface area contributed by atoms with Crippen LogP contribution >= 0.6 is 0 Å². The summed E-state index contributed by atoms with van der Waals surface area (Å²) in [6.07, 6.45) is 0.222. The van der Waals surface area contributed by atoms with Gasteiger partial charge in [-0.3, -0.25) is 4.79 Å². The molecule has 0 aromatic heterocycles. The number of carboxylic acids is 1. The highest BCUT2D eigenvalue weighted by molar-refractivity contribution is 5.75. The molecule has 0 saturated heterocycles. The van der Waals surface area contributed by atoms with Crippen LogP contribution in [0.2, 0.25) is 0 Å². The van der Waals surface area contributed by atoms with Gasteiger partial charge < -0.3 is 14.7 Å². The van der Waals surface area contributed by atoms with Crippen molar-refractivity contribution in [3.8, 4) is 0 Å². The Morgan fingerprint density at radius 1 is 1.42 bits per heavy atom. The first-order valence-electron chi connectivity index (χ1n) is 3.53. The SMILES string of the molecule is CN(C)C(=O)CCOCC(=O)O. The Kier molecular flexibility index (Phi) is 5.03. The number of carboxylic acid groups (broad SMARTS) is 1. The van der Waals surface area contributed by atoms with Gasteiger partial charge in [0.05, 0.1) is 13.0 Å². The number of carbonyl (C=O) groups excluding carboxylic acids is 1. The lowest BCUT2D eigenvalue weighted by Crippen LogP contribution is -2.23. The second-order valence-corrected chi connectivity index (χ2v) is 2.48. The third-order valence-electron chi connectivity index (χ3n) is 1.18. The normalized spacial score (nSPS) is 9.50.